The van der Waals surface area contributed by atoms with Crippen LogP contribution < -0.4 is 29.7 Å². The summed E-state index contributed by atoms with van der Waals surface area (Å²) >= 11 is 0. The fourth-order valence-corrected chi connectivity index (χ4v) is 3.87. The Kier molecular flexibility index (Phi) is 8.57. The van der Waals surface area contributed by atoms with Crippen LogP contribution >= 0.6 is 0 Å². The van der Waals surface area contributed by atoms with E-state index in [0.29, 0.717) is 35.8 Å². The molecule has 4 rings (SSSR count). The number of nitrogens with one attached hydrogen (secondary N) is 2. The lowest BCUT2D eigenvalue weighted by Crippen LogP contribution is -2.54. The number of benzene rings is 3. The molecular formula is C29H27N3O7. The van der Waals surface area contributed by atoms with Gasteiger partial charge in [-0.3, -0.25) is 19.7 Å². The molecule has 0 unspecified atom stereocenters. The van der Waals surface area contributed by atoms with Gasteiger partial charge in [-0.25, -0.2) is 9.69 Å². The first-order valence-electron chi connectivity index (χ1n) is 12.1. The van der Waals surface area contributed by atoms with Gasteiger partial charge in [-0.05, 0) is 60.0 Å². The van der Waals surface area contributed by atoms with Crippen molar-refractivity contribution in [3.05, 3.63) is 89.5 Å². The molecule has 2 N–H and O–H groups in total. The molecule has 1 fully saturated rings. The van der Waals surface area contributed by atoms with E-state index < -0.39 is 17.8 Å². The van der Waals surface area contributed by atoms with E-state index in [1.807, 2.05) is 30.3 Å². The second kappa shape index (κ2) is 12.4. The number of anilines is 1. The maximum Gasteiger partial charge on any atom is 0.335 e. The lowest BCUT2D eigenvalue weighted by Gasteiger charge is -2.26. The van der Waals surface area contributed by atoms with Crippen LogP contribution in [0.15, 0.2) is 78.4 Å². The quantitative estimate of drug-likeness (QED) is 0.306. The highest BCUT2D eigenvalue weighted by Gasteiger charge is 2.36. The van der Waals surface area contributed by atoms with Gasteiger partial charge in [0.25, 0.3) is 17.7 Å². The van der Waals surface area contributed by atoms with Gasteiger partial charge in [0.2, 0.25) is 0 Å². The number of barbiturate groups is 1. The number of nitrogens with zero attached hydrogens (tertiary/aromatic N) is 1. The molecule has 3 aromatic carbocycles. The van der Waals surface area contributed by atoms with Gasteiger partial charge in [-0.2, -0.15) is 0 Å². The Morgan fingerprint density at radius 3 is 2.36 bits per heavy atom. The van der Waals surface area contributed by atoms with Crippen molar-refractivity contribution in [2.45, 2.75) is 6.42 Å². The van der Waals surface area contributed by atoms with Crippen molar-refractivity contribution < 1.29 is 33.4 Å². The maximum absolute atomic E-state index is 13.1. The second-order valence-corrected chi connectivity index (χ2v) is 8.44. The predicted molar refractivity (Wildman–Crippen MR) is 144 cm³/mol. The minimum absolute atomic E-state index is 0.217. The molecule has 1 aliphatic rings. The summed E-state index contributed by atoms with van der Waals surface area (Å²) in [5.74, 6) is -0.719. The molecule has 1 heterocycles. The van der Waals surface area contributed by atoms with Gasteiger partial charge in [0.1, 0.15) is 11.3 Å². The Morgan fingerprint density at radius 2 is 1.67 bits per heavy atom. The van der Waals surface area contributed by atoms with Crippen LogP contribution in [-0.4, -0.2) is 51.1 Å². The van der Waals surface area contributed by atoms with Crippen molar-refractivity contribution in [2.75, 3.05) is 32.3 Å². The van der Waals surface area contributed by atoms with Crippen molar-refractivity contribution in [1.29, 1.82) is 0 Å². The Labute approximate surface area is 225 Å². The summed E-state index contributed by atoms with van der Waals surface area (Å²) in [6.45, 7) is 0.257. The van der Waals surface area contributed by atoms with Gasteiger partial charge in [0, 0.05) is 6.54 Å². The van der Waals surface area contributed by atoms with Crippen LogP contribution in [0.4, 0.5) is 10.5 Å². The topological polar surface area (TPSA) is 123 Å². The van der Waals surface area contributed by atoms with Gasteiger partial charge in [0.05, 0.1) is 19.9 Å². The van der Waals surface area contributed by atoms with E-state index in [4.69, 9.17) is 14.2 Å². The second-order valence-electron chi connectivity index (χ2n) is 8.44. The fourth-order valence-electron chi connectivity index (χ4n) is 3.87. The van der Waals surface area contributed by atoms with Gasteiger partial charge >= 0.3 is 6.03 Å². The SMILES string of the molecule is COc1ccc(N2C(=O)NC(=O)/C(=C\c3ccc(OCC(=O)NCCc4ccccc4)c(OC)c3)C2=O)cc1. The van der Waals surface area contributed by atoms with Gasteiger partial charge in [-0.1, -0.05) is 36.4 Å². The molecule has 10 nitrogen and oxygen atoms in total. The van der Waals surface area contributed by atoms with Crippen molar-refractivity contribution in [3.8, 4) is 17.2 Å². The molecule has 0 aliphatic carbocycles. The number of ether oxygens (including phenoxy) is 3. The molecule has 0 spiro atoms. The van der Waals surface area contributed by atoms with E-state index in [1.165, 1.54) is 32.4 Å². The summed E-state index contributed by atoms with van der Waals surface area (Å²) in [6.07, 6.45) is 2.05. The molecule has 1 saturated heterocycles. The highest BCUT2D eigenvalue weighted by molar-refractivity contribution is 6.39. The number of rotatable bonds is 10. The molecule has 0 saturated carbocycles. The predicted octanol–water partition coefficient (Wildman–Crippen LogP) is 3.11. The first kappa shape index (κ1) is 26.9. The zero-order chi connectivity index (χ0) is 27.8. The van der Waals surface area contributed by atoms with Crippen molar-refractivity contribution in [3.63, 3.8) is 0 Å². The monoisotopic (exact) mass is 529 g/mol. The third-order valence-corrected chi connectivity index (χ3v) is 5.87. The summed E-state index contributed by atoms with van der Waals surface area (Å²) < 4.78 is 16.1. The molecule has 1 aliphatic heterocycles. The standard InChI is InChI=1S/C29H27N3O7/c1-37-22-11-9-21(10-12-22)32-28(35)23(27(34)31-29(32)36)16-20-8-13-24(25(17-20)38-2)39-18-26(33)30-15-14-19-6-4-3-5-7-19/h3-13,16-17H,14-15,18H2,1-2H3,(H,30,33)(H,31,34,36)/b23-16+. The Hall–Kier alpha value is -5.12. The molecule has 200 valence electrons. The lowest BCUT2D eigenvalue weighted by molar-refractivity contribution is -0.124. The van der Waals surface area contributed by atoms with Gasteiger partial charge < -0.3 is 19.5 Å². The number of imide groups is 2. The highest BCUT2D eigenvalue weighted by atomic mass is 16.5. The average Bonchev–Trinajstić information content (AvgIpc) is 2.95. The first-order chi connectivity index (χ1) is 18.9. The van der Waals surface area contributed by atoms with Crippen LogP contribution in [0.2, 0.25) is 0 Å². The van der Waals surface area contributed by atoms with E-state index >= 15 is 0 Å². The van der Waals surface area contributed by atoms with Crippen LogP contribution in [0.3, 0.4) is 0 Å². The van der Waals surface area contributed by atoms with Crippen molar-refractivity contribution in [2.24, 2.45) is 0 Å². The zero-order valence-corrected chi connectivity index (χ0v) is 21.4. The summed E-state index contributed by atoms with van der Waals surface area (Å²) in [7, 11) is 2.93. The zero-order valence-electron chi connectivity index (χ0n) is 21.4. The summed E-state index contributed by atoms with van der Waals surface area (Å²) in [5, 5.41) is 4.99. The summed E-state index contributed by atoms with van der Waals surface area (Å²) in [6, 6.07) is 20.0. The maximum atomic E-state index is 13.1. The molecule has 0 bridgehead atoms. The van der Waals surface area contributed by atoms with Crippen LogP contribution in [-0.2, 0) is 20.8 Å². The number of carbonyl (C=O) groups is 4. The molecule has 5 amide bonds. The number of hydrogen-bond donors (Lipinski definition) is 2. The number of methoxy groups -OCH3 is 2. The summed E-state index contributed by atoms with van der Waals surface area (Å²) in [4.78, 5) is 51.1. The van der Waals surface area contributed by atoms with Crippen LogP contribution in [0.1, 0.15) is 11.1 Å². The number of amides is 5. The Bertz CT molecular complexity index is 1400. The molecule has 10 heteroatoms. The van der Waals surface area contributed by atoms with Crippen LogP contribution in [0.5, 0.6) is 17.2 Å². The smallest absolute Gasteiger partial charge is 0.335 e. The number of carbonyl (C=O) groups excluding carboxylic acids is 4. The third kappa shape index (κ3) is 6.61. The molecule has 39 heavy (non-hydrogen) atoms. The fraction of sp³-hybridized carbons (Fsp3) is 0.172. The molecule has 0 aromatic heterocycles. The number of urea groups is 1. The average molecular weight is 530 g/mol. The normalized spacial score (nSPS) is 14.2. The Balaban J connectivity index is 1.43. The van der Waals surface area contributed by atoms with E-state index in [1.54, 1.807) is 30.3 Å². The van der Waals surface area contributed by atoms with Crippen molar-refractivity contribution >= 4 is 35.5 Å². The minimum Gasteiger partial charge on any atom is -0.497 e. The Morgan fingerprint density at radius 1 is 0.923 bits per heavy atom. The molecule has 3 aromatic rings. The van der Waals surface area contributed by atoms with E-state index in [0.717, 1.165) is 10.5 Å². The van der Waals surface area contributed by atoms with Crippen LogP contribution in [0.25, 0.3) is 6.08 Å². The van der Waals surface area contributed by atoms with E-state index in [-0.39, 0.29) is 23.8 Å². The largest absolute Gasteiger partial charge is 0.497 e. The first-order valence-corrected chi connectivity index (χ1v) is 12.1. The van der Waals surface area contributed by atoms with Crippen LogP contribution in [0, 0.1) is 0 Å². The van der Waals surface area contributed by atoms with Crippen molar-refractivity contribution in [1.82, 2.24) is 10.6 Å². The molecular weight excluding hydrogens is 502 g/mol. The minimum atomic E-state index is -0.851. The third-order valence-electron chi connectivity index (χ3n) is 5.87. The summed E-state index contributed by atoms with van der Waals surface area (Å²) in [5.41, 5.74) is 1.61. The molecule has 0 atom stereocenters. The lowest BCUT2D eigenvalue weighted by atomic mass is 10.1. The highest BCUT2D eigenvalue weighted by Crippen LogP contribution is 2.30. The molecule has 0 radical (unpaired) electrons. The number of hydrogen-bond acceptors (Lipinski definition) is 7. The van der Waals surface area contributed by atoms with Gasteiger partial charge in [0.15, 0.2) is 18.1 Å². The van der Waals surface area contributed by atoms with Gasteiger partial charge in [-0.15, -0.1) is 0 Å². The van der Waals surface area contributed by atoms with E-state index in [2.05, 4.69) is 10.6 Å². The van der Waals surface area contributed by atoms with E-state index in [9.17, 15) is 19.2 Å².